The number of benzene rings is 2. The fourth-order valence-corrected chi connectivity index (χ4v) is 3.58. The first kappa shape index (κ1) is 17.3. The Hall–Kier alpha value is -3.86. The van der Waals surface area contributed by atoms with Crippen molar-refractivity contribution >= 4 is 22.9 Å². The highest BCUT2D eigenvalue weighted by molar-refractivity contribution is 5.95. The average molecular weight is 389 g/mol. The number of aromatic nitrogens is 2. The van der Waals surface area contributed by atoms with E-state index in [9.17, 15) is 0 Å². The fourth-order valence-electron chi connectivity index (χ4n) is 3.58. The Morgan fingerprint density at radius 3 is 2.86 bits per heavy atom. The van der Waals surface area contributed by atoms with E-state index >= 15 is 0 Å². The van der Waals surface area contributed by atoms with Crippen LogP contribution in [0.2, 0.25) is 0 Å². The van der Waals surface area contributed by atoms with Gasteiger partial charge in [0.25, 0.3) is 0 Å². The molecule has 0 saturated carbocycles. The van der Waals surface area contributed by atoms with Gasteiger partial charge in [0, 0.05) is 24.1 Å². The van der Waals surface area contributed by atoms with Crippen LogP contribution in [0.3, 0.4) is 0 Å². The van der Waals surface area contributed by atoms with E-state index in [0.717, 1.165) is 23.0 Å². The number of ether oxygens (including phenoxy) is 3. The van der Waals surface area contributed by atoms with Crippen molar-refractivity contribution in [2.24, 2.45) is 10.7 Å². The molecule has 0 radical (unpaired) electrons. The molecule has 0 bridgehead atoms. The molecule has 0 aliphatic carbocycles. The van der Waals surface area contributed by atoms with Crippen LogP contribution in [0.5, 0.6) is 17.2 Å². The topological polar surface area (TPSA) is 95.9 Å². The zero-order valence-electron chi connectivity index (χ0n) is 15.6. The van der Waals surface area contributed by atoms with E-state index in [4.69, 9.17) is 31.4 Å². The highest BCUT2D eigenvalue weighted by atomic mass is 16.5. The molecule has 2 aliphatic heterocycles. The summed E-state index contributed by atoms with van der Waals surface area (Å²) in [5.41, 5.74) is 8.50. The Balaban J connectivity index is 1.68. The normalized spacial score (nSPS) is 17.5. The Morgan fingerprint density at radius 2 is 2.03 bits per heavy atom. The average Bonchev–Trinajstić information content (AvgIpc) is 2.91. The number of aliphatic imine (C=N–C) groups is 1. The summed E-state index contributed by atoms with van der Waals surface area (Å²) in [6.07, 6.45) is 5.74. The molecule has 3 heterocycles. The molecular formula is C21H19N5O3. The number of terminal acetylenes is 1. The minimum atomic E-state index is -0.463. The fraction of sp³-hybridized carbons (Fsp3) is 0.238. The largest absolute Gasteiger partial charge is 0.489 e. The lowest BCUT2D eigenvalue weighted by Crippen LogP contribution is -2.31. The smallest absolute Gasteiger partial charge is 0.212 e. The first-order valence-corrected chi connectivity index (χ1v) is 9.31. The molecular weight excluding hydrogens is 370 g/mol. The number of hydrogen-bond donors (Lipinski definition) is 2. The minimum Gasteiger partial charge on any atom is -0.489 e. The highest BCUT2D eigenvalue weighted by Gasteiger charge is 2.28. The molecule has 2 aliphatic rings. The summed E-state index contributed by atoms with van der Waals surface area (Å²) >= 11 is 0. The van der Waals surface area contributed by atoms with Gasteiger partial charge in [0.2, 0.25) is 5.95 Å². The summed E-state index contributed by atoms with van der Waals surface area (Å²) in [7, 11) is 0. The van der Waals surface area contributed by atoms with Crippen LogP contribution in [0.25, 0.3) is 11.0 Å². The van der Waals surface area contributed by atoms with Crippen LogP contribution in [0, 0.1) is 12.3 Å². The van der Waals surface area contributed by atoms with Crippen LogP contribution in [0.15, 0.2) is 41.4 Å². The monoisotopic (exact) mass is 389 g/mol. The number of nitrogens with one attached hydrogen (secondary N) is 1. The number of nitrogens with two attached hydrogens (primary N) is 1. The van der Waals surface area contributed by atoms with Crippen molar-refractivity contribution in [1.82, 2.24) is 9.55 Å². The van der Waals surface area contributed by atoms with Gasteiger partial charge in [-0.15, -0.1) is 6.42 Å². The molecule has 0 spiro atoms. The summed E-state index contributed by atoms with van der Waals surface area (Å²) in [5.74, 6) is 5.39. The van der Waals surface area contributed by atoms with Crippen molar-refractivity contribution < 1.29 is 14.2 Å². The van der Waals surface area contributed by atoms with Gasteiger partial charge < -0.3 is 19.9 Å². The van der Waals surface area contributed by atoms with Gasteiger partial charge in [-0.1, -0.05) is 24.1 Å². The Kier molecular flexibility index (Phi) is 4.13. The molecule has 1 aromatic heterocycles. The summed E-state index contributed by atoms with van der Waals surface area (Å²) in [4.78, 5) is 9.31. The Bertz CT molecular complexity index is 1160. The molecule has 0 unspecified atom stereocenters. The standard InChI is InChI=1S/C21H19N5O3/c1-2-8-27-16-7-4-3-6-13(16)19-24-20(22)25-21-23-14-11-17-18(12-15(14)26(19)21)29-10-5-9-28-17/h1,3-4,6-7,11-12,19H,5,8-10H2,(H3,22,23,24,25)/t19-/m1/s1. The summed E-state index contributed by atoms with van der Waals surface area (Å²) in [6.45, 7) is 1.38. The maximum absolute atomic E-state index is 6.06. The summed E-state index contributed by atoms with van der Waals surface area (Å²) in [5, 5.41) is 3.04. The van der Waals surface area contributed by atoms with E-state index in [-0.39, 0.29) is 12.6 Å². The minimum absolute atomic E-state index is 0.164. The molecule has 3 N–H and O–H groups in total. The van der Waals surface area contributed by atoms with Crippen LogP contribution < -0.4 is 25.3 Å². The SMILES string of the molecule is C#CCOc1ccccc1[C@@H]1N=C(N)Nc2nc3cc4c(cc3n21)OCCCO4. The second-order valence-corrected chi connectivity index (χ2v) is 6.69. The van der Waals surface area contributed by atoms with Crippen molar-refractivity contribution in [2.45, 2.75) is 12.6 Å². The lowest BCUT2D eigenvalue weighted by Gasteiger charge is -2.25. The summed E-state index contributed by atoms with van der Waals surface area (Å²) < 4.78 is 19.4. The molecule has 5 rings (SSSR count). The zero-order chi connectivity index (χ0) is 19.8. The van der Waals surface area contributed by atoms with Crippen molar-refractivity contribution in [3.8, 4) is 29.6 Å². The number of hydrogen-bond acceptors (Lipinski definition) is 7. The van der Waals surface area contributed by atoms with Crippen LogP contribution in [-0.2, 0) is 0 Å². The van der Waals surface area contributed by atoms with Gasteiger partial charge in [-0.2, -0.15) is 0 Å². The van der Waals surface area contributed by atoms with Crippen molar-refractivity contribution in [2.75, 3.05) is 25.1 Å². The Labute approximate surface area is 167 Å². The molecule has 0 amide bonds. The van der Waals surface area contributed by atoms with Crippen molar-refractivity contribution in [1.29, 1.82) is 0 Å². The van der Waals surface area contributed by atoms with Crippen LogP contribution in [0.1, 0.15) is 18.2 Å². The lowest BCUT2D eigenvalue weighted by molar-refractivity contribution is 0.297. The van der Waals surface area contributed by atoms with E-state index < -0.39 is 6.17 Å². The van der Waals surface area contributed by atoms with E-state index in [1.807, 2.05) is 41.0 Å². The van der Waals surface area contributed by atoms with Gasteiger partial charge in [-0.3, -0.25) is 9.88 Å². The lowest BCUT2D eigenvalue weighted by atomic mass is 10.1. The molecule has 29 heavy (non-hydrogen) atoms. The number of para-hydroxylation sites is 1. The third kappa shape index (κ3) is 2.97. The number of rotatable bonds is 3. The van der Waals surface area contributed by atoms with E-state index in [1.54, 1.807) is 0 Å². The molecule has 2 aromatic carbocycles. The third-order valence-corrected chi connectivity index (χ3v) is 4.81. The second kappa shape index (κ2) is 6.95. The summed E-state index contributed by atoms with van der Waals surface area (Å²) in [6, 6.07) is 11.4. The van der Waals surface area contributed by atoms with Gasteiger partial charge in [-0.25, -0.2) is 9.98 Å². The predicted molar refractivity (Wildman–Crippen MR) is 109 cm³/mol. The third-order valence-electron chi connectivity index (χ3n) is 4.81. The molecule has 146 valence electrons. The van der Waals surface area contributed by atoms with Crippen molar-refractivity contribution in [3.63, 3.8) is 0 Å². The number of anilines is 1. The number of guanidine groups is 1. The second-order valence-electron chi connectivity index (χ2n) is 6.69. The van der Waals surface area contributed by atoms with Gasteiger partial charge in [0.15, 0.2) is 23.6 Å². The Morgan fingerprint density at radius 1 is 1.24 bits per heavy atom. The molecule has 0 fully saturated rings. The number of nitrogens with zero attached hydrogens (tertiary/aromatic N) is 3. The molecule has 3 aromatic rings. The maximum atomic E-state index is 6.06. The highest BCUT2D eigenvalue weighted by Crippen LogP contribution is 2.40. The van der Waals surface area contributed by atoms with E-state index in [0.29, 0.717) is 36.4 Å². The van der Waals surface area contributed by atoms with Gasteiger partial charge in [0.1, 0.15) is 12.4 Å². The number of imidazole rings is 1. The predicted octanol–water partition coefficient (Wildman–Crippen LogP) is 2.50. The van der Waals surface area contributed by atoms with E-state index in [2.05, 4.69) is 16.2 Å². The van der Waals surface area contributed by atoms with Gasteiger partial charge >= 0.3 is 0 Å². The molecule has 1 atom stereocenters. The zero-order valence-corrected chi connectivity index (χ0v) is 15.6. The van der Waals surface area contributed by atoms with Crippen LogP contribution >= 0.6 is 0 Å². The van der Waals surface area contributed by atoms with Crippen LogP contribution in [-0.4, -0.2) is 35.3 Å². The first-order valence-electron chi connectivity index (χ1n) is 9.31. The quantitative estimate of drug-likeness (QED) is 0.668. The molecule has 0 saturated heterocycles. The van der Waals surface area contributed by atoms with Gasteiger partial charge in [-0.05, 0) is 6.07 Å². The number of fused-ring (bicyclic) bond motifs is 4. The maximum Gasteiger partial charge on any atom is 0.212 e. The molecule has 8 heteroatoms. The first-order chi connectivity index (χ1) is 14.2. The van der Waals surface area contributed by atoms with Crippen molar-refractivity contribution in [3.05, 3.63) is 42.0 Å². The van der Waals surface area contributed by atoms with Gasteiger partial charge in [0.05, 0.1) is 24.2 Å². The van der Waals surface area contributed by atoms with E-state index in [1.165, 1.54) is 0 Å². The van der Waals surface area contributed by atoms with Crippen LogP contribution in [0.4, 0.5) is 5.95 Å². The molecule has 8 nitrogen and oxygen atoms in total.